The van der Waals surface area contributed by atoms with E-state index in [0.29, 0.717) is 0 Å². The third-order valence-corrected chi connectivity index (χ3v) is 5.65. The Hall–Kier alpha value is -1.65. The molecule has 5 heteroatoms. The van der Waals surface area contributed by atoms with Crippen molar-refractivity contribution in [3.63, 3.8) is 0 Å². The second-order valence-corrected chi connectivity index (χ2v) is 7.21. The van der Waals surface area contributed by atoms with Gasteiger partial charge in [0.1, 0.15) is 5.82 Å². The largest absolute Gasteiger partial charge is 0.356 e. The molecule has 3 heterocycles. The Kier molecular flexibility index (Phi) is 4.19. The fourth-order valence-corrected chi connectivity index (χ4v) is 4.21. The van der Waals surface area contributed by atoms with Crippen LogP contribution in [0.5, 0.6) is 0 Å². The molecule has 4 rings (SSSR count). The quantitative estimate of drug-likeness (QED) is 0.624. The van der Waals surface area contributed by atoms with Crippen molar-refractivity contribution in [2.75, 3.05) is 18.0 Å². The van der Waals surface area contributed by atoms with Gasteiger partial charge in [-0.2, -0.15) is 0 Å². The first-order chi connectivity index (χ1) is 11.3. The molecular formula is C18H18ClN3S. The van der Waals surface area contributed by atoms with Gasteiger partial charge in [-0.05, 0) is 36.4 Å². The van der Waals surface area contributed by atoms with Crippen LogP contribution in [0, 0.1) is 0 Å². The number of hydrogen-bond acceptors (Lipinski definition) is 4. The molecule has 1 aliphatic rings. The molecule has 0 spiro atoms. The number of hydrogen-bond donors (Lipinski definition) is 0. The van der Waals surface area contributed by atoms with E-state index in [1.54, 1.807) is 11.3 Å². The number of halogens is 1. The van der Waals surface area contributed by atoms with E-state index in [0.717, 1.165) is 45.5 Å². The molecule has 0 atom stereocenters. The Morgan fingerprint density at radius 3 is 2.48 bits per heavy atom. The van der Waals surface area contributed by atoms with Crippen molar-refractivity contribution in [3.05, 3.63) is 40.7 Å². The van der Waals surface area contributed by atoms with Crippen LogP contribution < -0.4 is 4.90 Å². The number of para-hydroxylation sites is 1. The van der Waals surface area contributed by atoms with Crippen molar-refractivity contribution in [3.8, 4) is 10.7 Å². The maximum absolute atomic E-state index is 6.31. The summed E-state index contributed by atoms with van der Waals surface area (Å²) in [6.07, 6.45) is 5.08. The third kappa shape index (κ3) is 2.93. The normalized spacial score (nSPS) is 15.8. The van der Waals surface area contributed by atoms with Gasteiger partial charge in [-0.25, -0.2) is 9.97 Å². The zero-order valence-electron chi connectivity index (χ0n) is 12.8. The van der Waals surface area contributed by atoms with Crippen molar-refractivity contribution in [1.82, 2.24) is 9.97 Å². The van der Waals surface area contributed by atoms with Gasteiger partial charge in [0.15, 0.2) is 5.82 Å². The van der Waals surface area contributed by atoms with Gasteiger partial charge in [0.25, 0.3) is 0 Å². The Labute approximate surface area is 144 Å². The van der Waals surface area contributed by atoms with E-state index >= 15 is 0 Å². The zero-order chi connectivity index (χ0) is 15.6. The van der Waals surface area contributed by atoms with Crippen molar-refractivity contribution in [2.24, 2.45) is 0 Å². The van der Waals surface area contributed by atoms with Gasteiger partial charge in [-0.3, -0.25) is 0 Å². The van der Waals surface area contributed by atoms with Crippen LogP contribution >= 0.6 is 22.9 Å². The van der Waals surface area contributed by atoms with Crippen molar-refractivity contribution < 1.29 is 0 Å². The molecule has 3 aromatic rings. The molecule has 2 aromatic heterocycles. The highest BCUT2D eigenvalue weighted by atomic mass is 35.5. The highest BCUT2D eigenvalue weighted by Gasteiger charge is 2.18. The number of anilines is 1. The van der Waals surface area contributed by atoms with Crippen LogP contribution in [-0.2, 0) is 0 Å². The van der Waals surface area contributed by atoms with Crippen LogP contribution in [0.15, 0.2) is 35.7 Å². The van der Waals surface area contributed by atoms with Gasteiger partial charge in [-0.15, -0.1) is 11.3 Å². The summed E-state index contributed by atoms with van der Waals surface area (Å²) in [5, 5.41) is 3.85. The van der Waals surface area contributed by atoms with Crippen molar-refractivity contribution >= 4 is 39.7 Å². The number of thiophene rings is 1. The monoisotopic (exact) mass is 343 g/mol. The molecule has 0 amide bonds. The van der Waals surface area contributed by atoms with Crippen molar-refractivity contribution in [1.29, 1.82) is 0 Å². The fraction of sp³-hybridized carbons (Fsp3) is 0.333. The second-order valence-electron chi connectivity index (χ2n) is 5.89. The van der Waals surface area contributed by atoms with E-state index in [1.165, 1.54) is 25.7 Å². The van der Waals surface area contributed by atoms with Crippen LogP contribution in [0.2, 0.25) is 5.02 Å². The zero-order valence-corrected chi connectivity index (χ0v) is 14.4. The number of nitrogens with zero attached hydrogens (tertiary/aromatic N) is 3. The first-order valence-electron chi connectivity index (χ1n) is 8.08. The molecular weight excluding hydrogens is 326 g/mol. The topological polar surface area (TPSA) is 29.0 Å². The summed E-state index contributed by atoms with van der Waals surface area (Å²) < 4.78 is 0. The van der Waals surface area contributed by atoms with E-state index < -0.39 is 0 Å². The predicted molar refractivity (Wildman–Crippen MR) is 98.5 cm³/mol. The SMILES string of the molecule is Clc1ccsc1-c1nc(N2CCCCCC2)c2ccccc2n1. The van der Waals surface area contributed by atoms with Crippen LogP contribution in [-0.4, -0.2) is 23.1 Å². The Balaban J connectivity index is 1.88. The minimum absolute atomic E-state index is 0.729. The Bertz CT molecular complexity index is 822. The molecule has 0 unspecified atom stereocenters. The molecule has 23 heavy (non-hydrogen) atoms. The van der Waals surface area contributed by atoms with Gasteiger partial charge in [0.2, 0.25) is 0 Å². The maximum Gasteiger partial charge on any atom is 0.173 e. The molecule has 118 valence electrons. The Morgan fingerprint density at radius 2 is 1.74 bits per heavy atom. The van der Waals surface area contributed by atoms with Gasteiger partial charge >= 0.3 is 0 Å². The predicted octanol–water partition coefficient (Wildman–Crippen LogP) is 5.39. The summed E-state index contributed by atoms with van der Waals surface area (Å²) in [4.78, 5) is 13.0. The average molecular weight is 344 g/mol. The number of aromatic nitrogens is 2. The van der Waals surface area contributed by atoms with E-state index in [1.807, 2.05) is 17.5 Å². The van der Waals surface area contributed by atoms with E-state index in [9.17, 15) is 0 Å². The van der Waals surface area contributed by atoms with Gasteiger partial charge in [0, 0.05) is 18.5 Å². The van der Waals surface area contributed by atoms with Gasteiger partial charge in [0.05, 0.1) is 15.4 Å². The smallest absolute Gasteiger partial charge is 0.173 e. The first kappa shape index (κ1) is 14.9. The summed E-state index contributed by atoms with van der Waals surface area (Å²) in [5.41, 5.74) is 0.987. The summed E-state index contributed by atoms with van der Waals surface area (Å²) in [6.45, 7) is 2.14. The molecule has 1 saturated heterocycles. The van der Waals surface area contributed by atoms with Crippen LogP contribution in [0.25, 0.3) is 21.6 Å². The molecule has 0 saturated carbocycles. The maximum atomic E-state index is 6.31. The van der Waals surface area contributed by atoms with E-state index in [4.69, 9.17) is 21.6 Å². The third-order valence-electron chi connectivity index (χ3n) is 4.31. The molecule has 0 N–H and O–H groups in total. The minimum atomic E-state index is 0.729. The highest BCUT2D eigenvalue weighted by Crippen LogP contribution is 2.34. The summed E-state index contributed by atoms with van der Waals surface area (Å²) >= 11 is 7.90. The lowest BCUT2D eigenvalue weighted by molar-refractivity contribution is 0.726. The molecule has 0 bridgehead atoms. The van der Waals surface area contributed by atoms with E-state index in [2.05, 4.69) is 23.1 Å². The van der Waals surface area contributed by atoms with Gasteiger partial charge in [-0.1, -0.05) is 36.6 Å². The lowest BCUT2D eigenvalue weighted by Gasteiger charge is -2.23. The van der Waals surface area contributed by atoms with E-state index in [-0.39, 0.29) is 0 Å². The average Bonchev–Trinajstić information content (AvgIpc) is 2.84. The Morgan fingerprint density at radius 1 is 0.957 bits per heavy atom. The number of benzene rings is 1. The van der Waals surface area contributed by atoms with Crippen LogP contribution in [0.3, 0.4) is 0 Å². The summed E-state index contributed by atoms with van der Waals surface area (Å²) in [6, 6.07) is 10.2. The van der Waals surface area contributed by atoms with Crippen LogP contribution in [0.4, 0.5) is 5.82 Å². The molecule has 1 aliphatic heterocycles. The lowest BCUT2D eigenvalue weighted by Crippen LogP contribution is -2.25. The second kappa shape index (κ2) is 6.46. The lowest BCUT2D eigenvalue weighted by atomic mass is 10.2. The first-order valence-corrected chi connectivity index (χ1v) is 9.34. The van der Waals surface area contributed by atoms with Crippen molar-refractivity contribution in [2.45, 2.75) is 25.7 Å². The summed E-state index contributed by atoms with van der Waals surface area (Å²) in [7, 11) is 0. The standard InChI is InChI=1S/C18H18ClN3S/c19-14-9-12-23-16(14)17-20-15-8-4-3-7-13(15)18(21-17)22-10-5-1-2-6-11-22/h3-4,7-9,12H,1-2,5-6,10-11H2. The van der Waals surface area contributed by atoms with Gasteiger partial charge < -0.3 is 4.90 Å². The molecule has 0 radical (unpaired) electrons. The molecule has 1 fully saturated rings. The number of rotatable bonds is 2. The summed E-state index contributed by atoms with van der Waals surface area (Å²) in [5.74, 6) is 1.79. The molecule has 0 aliphatic carbocycles. The highest BCUT2D eigenvalue weighted by molar-refractivity contribution is 7.14. The van der Waals surface area contributed by atoms with Crippen LogP contribution in [0.1, 0.15) is 25.7 Å². The number of fused-ring (bicyclic) bond motifs is 1. The molecule has 3 nitrogen and oxygen atoms in total. The fourth-order valence-electron chi connectivity index (χ4n) is 3.14. The molecule has 1 aromatic carbocycles. The minimum Gasteiger partial charge on any atom is -0.356 e.